The first-order valence-electron chi connectivity index (χ1n) is 8.53. The molecule has 1 aliphatic heterocycles. The maximum Gasteiger partial charge on any atom is 0.324 e. The van der Waals surface area contributed by atoms with Gasteiger partial charge in [-0.2, -0.15) is 0 Å². The minimum Gasteiger partial charge on any atom is -0.329 e. The number of nitrogens with one attached hydrogen (secondary N) is 2. The average Bonchev–Trinajstić information content (AvgIpc) is 2.88. The molecule has 24 heavy (non-hydrogen) atoms. The first kappa shape index (κ1) is 18.0. The number of carbonyl (C=O) groups excluding carboxylic acids is 3. The summed E-state index contributed by atoms with van der Waals surface area (Å²) in [6.07, 6.45) is 3.82. The molecule has 2 N–H and O–H groups in total. The molecule has 0 aromatic heterocycles. The van der Waals surface area contributed by atoms with Crippen molar-refractivity contribution in [3.05, 3.63) is 29.8 Å². The van der Waals surface area contributed by atoms with Gasteiger partial charge in [-0.25, -0.2) is 4.79 Å². The predicted octanol–water partition coefficient (Wildman–Crippen LogP) is 2.89. The van der Waals surface area contributed by atoms with Gasteiger partial charge in [0, 0.05) is 11.6 Å². The number of benzene rings is 1. The van der Waals surface area contributed by atoms with E-state index in [0.29, 0.717) is 5.69 Å². The van der Waals surface area contributed by atoms with Crippen LogP contribution in [0, 0.1) is 5.92 Å². The summed E-state index contributed by atoms with van der Waals surface area (Å²) in [4.78, 5) is 36.8. The van der Waals surface area contributed by atoms with Crippen LogP contribution < -0.4 is 10.6 Å². The Morgan fingerprint density at radius 2 is 2.12 bits per heavy atom. The van der Waals surface area contributed by atoms with Gasteiger partial charge in [-0.15, -0.1) is 0 Å². The van der Waals surface area contributed by atoms with E-state index < -0.39 is 0 Å². The van der Waals surface area contributed by atoms with Crippen molar-refractivity contribution in [2.75, 3.05) is 11.9 Å². The highest BCUT2D eigenvalue weighted by molar-refractivity contribution is 6.01. The number of carbonyl (C=O) groups is 3. The van der Waals surface area contributed by atoms with Crippen LogP contribution in [0.4, 0.5) is 10.5 Å². The quantitative estimate of drug-likeness (QED) is 0.719. The lowest BCUT2D eigenvalue weighted by Crippen LogP contribution is -2.30. The SMILES string of the molecule is CCCC[C@H](CC)C(=O)Nc1cccc(CN2C(=O)CNC2=O)c1. The van der Waals surface area contributed by atoms with Gasteiger partial charge in [0.15, 0.2) is 0 Å². The van der Waals surface area contributed by atoms with Gasteiger partial charge >= 0.3 is 6.03 Å². The normalized spacial score (nSPS) is 15.3. The number of hydrogen-bond donors (Lipinski definition) is 2. The van der Waals surface area contributed by atoms with E-state index >= 15 is 0 Å². The van der Waals surface area contributed by atoms with E-state index in [4.69, 9.17) is 0 Å². The minimum atomic E-state index is -0.375. The molecule has 0 radical (unpaired) electrons. The summed E-state index contributed by atoms with van der Waals surface area (Å²) >= 11 is 0. The zero-order valence-electron chi connectivity index (χ0n) is 14.3. The van der Waals surface area contributed by atoms with Gasteiger partial charge in [0.05, 0.1) is 13.1 Å². The van der Waals surface area contributed by atoms with Crippen LogP contribution >= 0.6 is 0 Å². The van der Waals surface area contributed by atoms with Crippen LogP contribution in [0.5, 0.6) is 0 Å². The molecule has 1 atom stereocenters. The summed E-state index contributed by atoms with van der Waals surface area (Å²) < 4.78 is 0. The van der Waals surface area contributed by atoms with Crippen molar-refractivity contribution in [3.63, 3.8) is 0 Å². The monoisotopic (exact) mass is 331 g/mol. The number of amides is 4. The van der Waals surface area contributed by atoms with Crippen LogP contribution in [0.1, 0.15) is 45.1 Å². The van der Waals surface area contributed by atoms with Crippen molar-refractivity contribution in [1.82, 2.24) is 10.2 Å². The summed E-state index contributed by atoms with van der Waals surface area (Å²) in [5.74, 6) is -0.197. The smallest absolute Gasteiger partial charge is 0.324 e. The number of anilines is 1. The van der Waals surface area contributed by atoms with E-state index in [0.717, 1.165) is 31.2 Å². The second-order valence-electron chi connectivity index (χ2n) is 6.08. The lowest BCUT2D eigenvalue weighted by atomic mass is 9.98. The Kier molecular flexibility index (Phi) is 6.35. The summed E-state index contributed by atoms with van der Waals surface area (Å²) in [6.45, 7) is 4.39. The largest absolute Gasteiger partial charge is 0.329 e. The Morgan fingerprint density at radius 1 is 1.33 bits per heavy atom. The molecule has 1 heterocycles. The highest BCUT2D eigenvalue weighted by Crippen LogP contribution is 2.18. The van der Waals surface area contributed by atoms with E-state index in [-0.39, 0.29) is 36.9 Å². The van der Waals surface area contributed by atoms with Gasteiger partial charge < -0.3 is 10.6 Å². The molecule has 1 aliphatic rings. The fraction of sp³-hybridized carbons (Fsp3) is 0.500. The van der Waals surface area contributed by atoms with Gasteiger partial charge in [-0.1, -0.05) is 38.8 Å². The first-order chi connectivity index (χ1) is 11.5. The molecule has 1 aromatic carbocycles. The van der Waals surface area contributed by atoms with Gasteiger partial charge in [0.2, 0.25) is 11.8 Å². The fourth-order valence-corrected chi connectivity index (χ4v) is 2.76. The Hall–Kier alpha value is -2.37. The van der Waals surface area contributed by atoms with E-state index in [1.807, 2.05) is 31.2 Å². The molecule has 2 rings (SSSR count). The maximum absolute atomic E-state index is 12.4. The molecule has 1 saturated heterocycles. The standard InChI is InChI=1S/C18H25N3O3/c1-3-5-8-14(4-2)17(23)20-15-9-6-7-13(10-15)12-21-16(22)11-19-18(21)24/h6-7,9-10,14H,3-5,8,11-12H2,1-2H3,(H,19,24)(H,20,23)/t14-/m0/s1. The molecule has 6 nitrogen and oxygen atoms in total. The molecule has 130 valence electrons. The summed E-state index contributed by atoms with van der Waals surface area (Å²) in [7, 11) is 0. The van der Waals surface area contributed by atoms with Crippen LogP contribution in [0.15, 0.2) is 24.3 Å². The van der Waals surface area contributed by atoms with Crippen molar-refractivity contribution in [3.8, 4) is 0 Å². The third-order valence-electron chi connectivity index (χ3n) is 4.24. The summed E-state index contributed by atoms with van der Waals surface area (Å²) in [6, 6.07) is 6.91. The predicted molar refractivity (Wildman–Crippen MR) is 92.3 cm³/mol. The molecule has 0 aliphatic carbocycles. The van der Waals surface area contributed by atoms with Crippen LogP contribution in [0.3, 0.4) is 0 Å². The number of imide groups is 1. The number of unbranched alkanes of at least 4 members (excludes halogenated alkanes) is 1. The Labute approximate surface area is 142 Å². The van der Waals surface area contributed by atoms with E-state index in [9.17, 15) is 14.4 Å². The number of hydrogen-bond acceptors (Lipinski definition) is 3. The Morgan fingerprint density at radius 3 is 2.75 bits per heavy atom. The summed E-state index contributed by atoms with van der Waals surface area (Å²) in [5.41, 5.74) is 1.50. The second-order valence-corrected chi connectivity index (χ2v) is 6.08. The van der Waals surface area contributed by atoms with Gasteiger partial charge in [0.25, 0.3) is 0 Å². The Bertz CT molecular complexity index is 599. The minimum absolute atomic E-state index is 0.0135. The number of nitrogens with zero attached hydrogens (tertiary/aromatic N) is 1. The third-order valence-corrected chi connectivity index (χ3v) is 4.24. The molecular weight excluding hydrogens is 306 g/mol. The topological polar surface area (TPSA) is 78.5 Å². The molecule has 0 spiro atoms. The molecule has 0 saturated carbocycles. The maximum atomic E-state index is 12.4. The molecule has 0 unspecified atom stereocenters. The third kappa shape index (κ3) is 4.57. The highest BCUT2D eigenvalue weighted by atomic mass is 16.2. The lowest BCUT2D eigenvalue weighted by Gasteiger charge is -2.16. The summed E-state index contributed by atoms with van der Waals surface area (Å²) in [5, 5.41) is 5.44. The first-order valence-corrected chi connectivity index (χ1v) is 8.53. The van der Waals surface area contributed by atoms with E-state index in [2.05, 4.69) is 17.6 Å². The van der Waals surface area contributed by atoms with E-state index in [1.165, 1.54) is 4.90 Å². The van der Waals surface area contributed by atoms with Crippen molar-refractivity contribution >= 4 is 23.5 Å². The molecule has 1 aromatic rings. The molecule has 4 amide bonds. The highest BCUT2D eigenvalue weighted by Gasteiger charge is 2.28. The van der Waals surface area contributed by atoms with Crippen molar-refractivity contribution < 1.29 is 14.4 Å². The van der Waals surface area contributed by atoms with Gasteiger partial charge in [-0.05, 0) is 30.5 Å². The lowest BCUT2D eigenvalue weighted by molar-refractivity contribution is -0.125. The van der Waals surface area contributed by atoms with Crippen molar-refractivity contribution in [2.45, 2.75) is 46.1 Å². The molecule has 6 heteroatoms. The van der Waals surface area contributed by atoms with Crippen molar-refractivity contribution in [2.24, 2.45) is 5.92 Å². The van der Waals surface area contributed by atoms with Crippen LogP contribution in [-0.2, 0) is 16.1 Å². The zero-order chi connectivity index (χ0) is 17.5. The van der Waals surface area contributed by atoms with Crippen molar-refractivity contribution in [1.29, 1.82) is 0 Å². The fourth-order valence-electron chi connectivity index (χ4n) is 2.76. The Balaban J connectivity index is 2.00. The average molecular weight is 331 g/mol. The zero-order valence-corrected chi connectivity index (χ0v) is 14.3. The number of urea groups is 1. The van der Waals surface area contributed by atoms with Gasteiger partial charge in [0.1, 0.15) is 0 Å². The van der Waals surface area contributed by atoms with Crippen LogP contribution in [0.25, 0.3) is 0 Å². The van der Waals surface area contributed by atoms with E-state index in [1.54, 1.807) is 0 Å². The van der Waals surface area contributed by atoms with Crippen LogP contribution in [-0.4, -0.2) is 29.3 Å². The van der Waals surface area contributed by atoms with Crippen LogP contribution in [0.2, 0.25) is 0 Å². The van der Waals surface area contributed by atoms with Gasteiger partial charge in [-0.3, -0.25) is 14.5 Å². The molecule has 0 bridgehead atoms. The molecule has 1 fully saturated rings. The number of rotatable bonds is 8. The molecular formula is C18H25N3O3. The second kappa shape index (κ2) is 8.47.